The second-order valence-corrected chi connectivity index (χ2v) is 5.42. The lowest BCUT2D eigenvalue weighted by Gasteiger charge is -2.06. The van der Waals surface area contributed by atoms with Crippen LogP contribution >= 0.6 is 11.3 Å². The number of aliphatic carboxylic acids is 1. The predicted molar refractivity (Wildman–Crippen MR) is 82.2 cm³/mol. The van der Waals surface area contributed by atoms with E-state index >= 15 is 0 Å². The lowest BCUT2D eigenvalue weighted by molar-refractivity contribution is -0.139. The van der Waals surface area contributed by atoms with Crippen molar-refractivity contribution >= 4 is 23.2 Å². The van der Waals surface area contributed by atoms with Crippen molar-refractivity contribution in [2.24, 2.45) is 0 Å². The molecule has 0 unspecified atom stereocenters. The van der Waals surface area contributed by atoms with E-state index in [1.807, 2.05) is 12.3 Å². The maximum atomic E-state index is 12.1. The minimum absolute atomic E-state index is 0.258. The van der Waals surface area contributed by atoms with Crippen LogP contribution in [0.15, 0.2) is 29.6 Å². The minimum Gasteiger partial charge on any atom is -0.482 e. The van der Waals surface area contributed by atoms with Crippen molar-refractivity contribution in [3.63, 3.8) is 0 Å². The molecule has 0 bridgehead atoms. The number of ether oxygens (including phenoxy) is 1. The zero-order chi connectivity index (χ0) is 15.9. The Morgan fingerprint density at radius 3 is 2.91 bits per heavy atom. The molecule has 0 aliphatic heterocycles. The van der Waals surface area contributed by atoms with E-state index in [1.54, 1.807) is 29.5 Å². The van der Waals surface area contributed by atoms with E-state index in [1.165, 1.54) is 6.07 Å². The first kappa shape index (κ1) is 16.0. The van der Waals surface area contributed by atoms with E-state index in [2.05, 4.69) is 10.3 Å². The van der Waals surface area contributed by atoms with Gasteiger partial charge in [0.15, 0.2) is 6.61 Å². The van der Waals surface area contributed by atoms with E-state index < -0.39 is 12.6 Å². The van der Waals surface area contributed by atoms with Gasteiger partial charge in [-0.15, -0.1) is 11.3 Å². The van der Waals surface area contributed by atoms with Crippen LogP contribution < -0.4 is 10.1 Å². The van der Waals surface area contributed by atoms with Gasteiger partial charge in [-0.05, 0) is 24.6 Å². The number of carbonyl (C=O) groups excluding carboxylic acids is 1. The zero-order valence-electron chi connectivity index (χ0n) is 12.0. The largest absolute Gasteiger partial charge is 0.482 e. The molecule has 2 rings (SSSR count). The number of carboxylic acids is 1. The molecule has 1 amide bonds. The number of nitrogens with zero attached hydrogens (tertiary/aromatic N) is 1. The smallest absolute Gasteiger partial charge is 0.341 e. The van der Waals surface area contributed by atoms with Crippen molar-refractivity contribution in [1.29, 1.82) is 0 Å². The second kappa shape index (κ2) is 7.56. The van der Waals surface area contributed by atoms with Crippen LogP contribution in [0.3, 0.4) is 0 Å². The van der Waals surface area contributed by atoms with Crippen molar-refractivity contribution in [3.8, 4) is 5.75 Å². The van der Waals surface area contributed by atoms with E-state index in [4.69, 9.17) is 9.84 Å². The van der Waals surface area contributed by atoms with E-state index in [9.17, 15) is 9.59 Å². The Bertz CT molecular complexity index is 669. The quantitative estimate of drug-likeness (QED) is 0.815. The molecule has 0 fully saturated rings. The molecular formula is C15H16N2O4S. The van der Waals surface area contributed by atoms with Gasteiger partial charge in [0.2, 0.25) is 0 Å². The molecule has 0 saturated carbocycles. The molecule has 1 aromatic heterocycles. The maximum absolute atomic E-state index is 12.1. The number of carboxylic acid groups (broad SMARTS) is 1. The van der Waals surface area contributed by atoms with Crippen molar-refractivity contribution in [2.45, 2.75) is 19.9 Å². The van der Waals surface area contributed by atoms with Crippen LogP contribution in [0.25, 0.3) is 0 Å². The molecule has 6 nitrogen and oxygen atoms in total. The maximum Gasteiger partial charge on any atom is 0.341 e. The number of nitrogens with one attached hydrogen (secondary N) is 1. The molecule has 0 atom stereocenters. The Balaban J connectivity index is 1.94. The van der Waals surface area contributed by atoms with Gasteiger partial charge in [0.25, 0.3) is 5.91 Å². The van der Waals surface area contributed by atoms with Gasteiger partial charge in [0.1, 0.15) is 5.75 Å². The van der Waals surface area contributed by atoms with Gasteiger partial charge in [0.05, 0.1) is 17.2 Å². The molecule has 0 saturated heterocycles. The second-order valence-electron chi connectivity index (χ2n) is 4.48. The number of carbonyl (C=O) groups is 2. The molecule has 2 N–H and O–H groups in total. The number of rotatable bonds is 7. The lowest BCUT2D eigenvalue weighted by atomic mass is 10.2. The summed E-state index contributed by atoms with van der Waals surface area (Å²) in [7, 11) is 0. The summed E-state index contributed by atoms with van der Waals surface area (Å²) in [5.74, 6) is -0.978. The number of benzene rings is 1. The van der Waals surface area contributed by atoms with Crippen LogP contribution in [0, 0.1) is 0 Å². The van der Waals surface area contributed by atoms with E-state index in [-0.39, 0.29) is 5.91 Å². The Morgan fingerprint density at radius 2 is 2.23 bits per heavy atom. The normalized spacial score (nSPS) is 10.2. The van der Waals surface area contributed by atoms with Gasteiger partial charge in [0, 0.05) is 10.9 Å². The fourth-order valence-electron chi connectivity index (χ4n) is 1.74. The van der Waals surface area contributed by atoms with Crippen LogP contribution in [0.4, 0.5) is 0 Å². The van der Waals surface area contributed by atoms with Gasteiger partial charge in [-0.25, -0.2) is 9.78 Å². The molecule has 0 aliphatic rings. The number of aromatic nitrogens is 1. The van der Waals surface area contributed by atoms with Crippen LogP contribution in [0.5, 0.6) is 5.75 Å². The first-order valence-electron chi connectivity index (χ1n) is 6.74. The molecular weight excluding hydrogens is 304 g/mol. The zero-order valence-corrected chi connectivity index (χ0v) is 12.9. The lowest BCUT2D eigenvalue weighted by Crippen LogP contribution is -2.23. The third kappa shape index (κ3) is 4.56. The molecule has 1 aromatic carbocycles. The molecule has 7 heteroatoms. The Labute approximate surface area is 131 Å². The first-order chi connectivity index (χ1) is 10.6. The van der Waals surface area contributed by atoms with Crippen molar-refractivity contribution in [3.05, 3.63) is 45.9 Å². The van der Waals surface area contributed by atoms with E-state index in [0.29, 0.717) is 17.9 Å². The third-order valence-electron chi connectivity index (χ3n) is 2.79. The number of hydrogen-bond acceptors (Lipinski definition) is 5. The van der Waals surface area contributed by atoms with Gasteiger partial charge >= 0.3 is 5.97 Å². The summed E-state index contributed by atoms with van der Waals surface area (Å²) in [6.45, 7) is 1.95. The summed E-state index contributed by atoms with van der Waals surface area (Å²) in [4.78, 5) is 26.9. The summed E-state index contributed by atoms with van der Waals surface area (Å²) in [5.41, 5.74) is 1.24. The van der Waals surface area contributed by atoms with Gasteiger partial charge in [-0.3, -0.25) is 4.79 Å². The summed E-state index contributed by atoms with van der Waals surface area (Å²) in [6, 6.07) is 6.40. The Kier molecular flexibility index (Phi) is 5.48. The molecule has 0 radical (unpaired) electrons. The third-order valence-corrected chi connectivity index (χ3v) is 3.83. The summed E-state index contributed by atoms with van der Waals surface area (Å²) in [5, 5.41) is 14.3. The predicted octanol–water partition coefficient (Wildman–Crippen LogP) is 2.10. The first-order valence-corrected chi connectivity index (χ1v) is 7.62. The fourth-order valence-corrected chi connectivity index (χ4v) is 2.48. The average Bonchev–Trinajstić information content (AvgIpc) is 2.99. The molecule has 0 spiro atoms. The fraction of sp³-hybridized carbons (Fsp3) is 0.267. The van der Waals surface area contributed by atoms with Crippen molar-refractivity contribution < 1.29 is 19.4 Å². The molecule has 22 heavy (non-hydrogen) atoms. The van der Waals surface area contributed by atoms with E-state index in [0.717, 1.165) is 17.1 Å². The molecule has 2 aromatic rings. The van der Waals surface area contributed by atoms with Gasteiger partial charge < -0.3 is 15.2 Å². The van der Waals surface area contributed by atoms with Crippen molar-refractivity contribution in [2.75, 3.05) is 6.61 Å². The molecule has 1 heterocycles. The summed E-state index contributed by atoms with van der Waals surface area (Å²) >= 11 is 1.57. The highest BCUT2D eigenvalue weighted by Gasteiger charge is 2.08. The highest BCUT2D eigenvalue weighted by atomic mass is 32.1. The van der Waals surface area contributed by atoms with Crippen LogP contribution in [-0.4, -0.2) is 28.6 Å². The summed E-state index contributed by atoms with van der Waals surface area (Å²) < 4.78 is 5.05. The Morgan fingerprint density at radius 1 is 1.41 bits per heavy atom. The Hall–Kier alpha value is -2.41. The topological polar surface area (TPSA) is 88.5 Å². The average molecular weight is 320 g/mol. The number of thiazole rings is 1. The highest BCUT2D eigenvalue weighted by molar-refractivity contribution is 7.09. The molecule has 116 valence electrons. The summed E-state index contributed by atoms with van der Waals surface area (Å²) in [6.07, 6.45) is 0.877. The minimum atomic E-state index is -1.06. The van der Waals surface area contributed by atoms with Crippen molar-refractivity contribution in [1.82, 2.24) is 10.3 Å². The number of amides is 1. The van der Waals surface area contributed by atoms with Crippen LogP contribution in [0.2, 0.25) is 0 Å². The standard InChI is InChI=1S/C15H16N2O4S/c1-2-13-17-11(9-22-13)7-16-15(20)10-4-3-5-12(6-10)21-8-14(18)19/h3-6,9H,2,7-8H2,1H3,(H,16,20)(H,18,19). The monoisotopic (exact) mass is 320 g/mol. The number of hydrogen-bond donors (Lipinski definition) is 2. The van der Waals surface area contributed by atoms with Crippen LogP contribution in [0.1, 0.15) is 28.0 Å². The molecule has 0 aliphatic carbocycles. The van der Waals surface area contributed by atoms with Gasteiger partial charge in [-0.2, -0.15) is 0 Å². The van der Waals surface area contributed by atoms with Gasteiger partial charge in [-0.1, -0.05) is 13.0 Å². The number of aryl methyl sites for hydroxylation is 1. The van der Waals surface area contributed by atoms with Crippen LogP contribution in [-0.2, 0) is 17.8 Å². The highest BCUT2D eigenvalue weighted by Crippen LogP contribution is 2.14. The SMILES string of the molecule is CCc1nc(CNC(=O)c2cccc(OCC(=O)O)c2)cs1.